The summed E-state index contributed by atoms with van der Waals surface area (Å²) in [6, 6.07) is 18.1. The largest absolute Gasteiger partial charge is 1.00 e. The van der Waals surface area contributed by atoms with Gasteiger partial charge in [-0.25, -0.2) is 0 Å². The van der Waals surface area contributed by atoms with Crippen LogP contribution in [0.1, 0.15) is 18.2 Å². The fourth-order valence-electron chi connectivity index (χ4n) is 2.97. The third-order valence-corrected chi connectivity index (χ3v) is 4.14. The van der Waals surface area contributed by atoms with Crippen LogP contribution in [-0.4, -0.2) is 4.57 Å². The van der Waals surface area contributed by atoms with Crippen LogP contribution >= 0.6 is 0 Å². The zero-order valence-corrected chi connectivity index (χ0v) is 16.5. The minimum Gasteiger partial charge on any atom is -0.871 e. The van der Waals surface area contributed by atoms with Crippen molar-refractivity contribution in [1.29, 1.82) is 0 Å². The first-order valence-electron chi connectivity index (χ1n) is 7.39. The molecule has 3 nitrogen and oxygen atoms in total. The molecule has 23 heavy (non-hydrogen) atoms. The average Bonchev–Trinajstić information content (AvgIpc) is 3.03. The van der Waals surface area contributed by atoms with E-state index in [0.29, 0.717) is 13.2 Å². The molecule has 0 N–H and O–H groups in total. The number of hydrogen-bond donors (Lipinski definition) is 0. The number of allylic oxidation sites excluding steroid dienone is 1. The van der Waals surface area contributed by atoms with E-state index in [1.807, 2.05) is 61.5 Å². The maximum atomic E-state index is 12.1. The Labute approximate surface area is 178 Å². The molecule has 4 rings (SSSR count). The third-order valence-electron chi connectivity index (χ3n) is 4.14. The molecule has 2 heterocycles. The van der Waals surface area contributed by atoms with Crippen LogP contribution in [0.25, 0.3) is 16.7 Å². The number of benzene rings is 2. The van der Waals surface area contributed by atoms with Crippen LogP contribution < -0.4 is 61.2 Å². The molecule has 0 radical (unpaired) electrons. The second-order valence-electron chi connectivity index (χ2n) is 5.72. The minimum atomic E-state index is 0. The summed E-state index contributed by atoms with van der Waals surface area (Å²) < 4.78 is 7.93. The van der Waals surface area contributed by atoms with Gasteiger partial charge < -0.3 is 14.4 Å². The van der Waals surface area contributed by atoms with Crippen molar-refractivity contribution in [2.75, 3.05) is 0 Å². The number of aromatic nitrogens is 1. The first-order valence-corrected chi connectivity index (χ1v) is 7.39. The van der Waals surface area contributed by atoms with Crippen LogP contribution in [0, 0.1) is 0 Å². The fraction of sp³-hybridized carbons (Fsp3) is 0.158. The zero-order valence-electron chi connectivity index (χ0n) is 13.4. The number of hydrogen-bond acceptors (Lipinski definition) is 2. The summed E-state index contributed by atoms with van der Waals surface area (Å²) >= 11 is 0. The average molecular weight is 329 g/mol. The smallest absolute Gasteiger partial charge is 0.871 e. The Kier molecular flexibility index (Phi) is 4.99. The van der Waals surface area contributed by atoms with Crippen molar-refractivity contribution in [3.05, 3.63) is 71.4 Å². The van der Waals surface area contributed by atoms with Crippen molar-refractivity contribution >= 4 is 16.7 Å². The Morgan fingerprint density at radius 3 is 2.65 bits per heavy atom. The SMILES string of the molecule is CC1=C([O-])c2cc3cc(OCc4ccccc4)ccc3n2C1.[K+]. The minimum absolute atomic E-state index is 0. The number of rotatable bonds is 3. The molecule has 0 atom stereocenters. The molecule has 110 valence electrons. The molecular formula is C19H16KNO2. The normalized spacial score (nSPS) is 13.1. The van der Waals surface area contributed by atoms with Gasteiger partial charge in [0.1, 0.15) is 12.4 Å². The standard InChI is InChI=1S/C19H17NO2.K/c1-13-11-20-17-8-7-16(9-15(17)10-18(20)19(13)21)22-12-14-5-3-2-4-6-14;/h2-10,21H,11-12H2,1H3;/q;+1/p-1. The maximum absolute atomic E-state index is 12.1. The Bertz CT molecular complexity index is 881. The van der Waals surface area contributed by atoms with Crippen LogP contribution in [-0.2, 0) is 13.2 Å². The van der Waals surface area contributed by atoms with E-state index in [-0.39, 0.29) is 57.1 Å². The molecule has 1 aromatic heterocycles. The molecule has 0 amide bonds. The van der Waals surface area contributed by atoms with Gasteiger partial charge >= 0.3 is 51.4 Å². The molecule has 0 saturated carbocycles. The second kappa shape index (κ2) is 6.83. The third kappa shape index (κ3) is 3.14. The molecule has 0 saturated heterocycles. The number of ether oxygens (including phenoxy) is 1. The van der Waals surface area contributed by atoms with Gasteiger partial charge in [0, 0.05) is 23.1 Å². The monoisotopic (exact) mass is 329 g/mol. The summed E-state index contributed by atoms with van der Waals surface area (Å²) in [7, 11) is 0. The molecule has 0 aliphatic carbocycles. The quantitative estimate of drug-likeness (QED) is 0.650. The summed E-state index contributed by atoms with van der Waals surface area (Å²) in [5, 5.41) is 13.1. The van der Waals surface area contributed by atoms with Crippen molar-refractivity contribution < 1.29 is 61.2 Å². The number of nitrogens with zero attached hydrogens (tertiary/aromatic N) is 1. The van der Waals surface area contributed by atoms with Crippen LogP contribution in [0.3, 0.4) is 0 Å². The Hall–Kier alpha value is -1.04. The summed E-state index contributed by atoms with van der Waals surface area (Å²) in [5.41, 5.74) is 3.92. The van der Waals surface area contributed by atoms with Gasteiger partial charge in [-0.05, 0) is 36.8 Å². The Morgan fingerprint density at radius 2 is 1.87 bits per heavy atom. The molecular weight excluding hydrogens is 313 g/mol. The molecule has 0 unspecified atom stereocenters. The van der Waals surface area contributed by atoms with E-state index >= 15 is 0 Å². The van der Waals surface area contributed by atoms with Crippen LogP contribution in [0.4, 0.5) is 0 Å². The topological polar surface area (TPSA) is 37.2 Å². The molecule has 0 spiro atoms. The predicted molar refractivity (Wildman–Crippen MR) is 85.3 cm³/mol. The molecule has 1 aliphatic rings. The molecule has 2 aromatic carbocycles. The van der Waals surface area contributed by atoms with Crippen molar-refractivity contribution in [2.45, 2.75) is 20.1 Å². The molecule has 0 bridgehead atoms. The van der Waals surface area contributed by atoms with Crippen molar-refractivity contribution in [3.63, 3.8) is 0 Å². The number of fused-ring (bicyclic) bond motifs is 3. The maximum Gasteiger partial charge on any atom is 1.00 e. The summed E-state index contributed by atoms with van der Waals surface area (Å²) in [4.78, 5) is 0. The summed E-state index contributed by atoms with van der Waals surface area (Å²) in [6.45, 7) is 3.14. The fourth-order valence-corrected chi connectivity index (χ4v) is 2.97. The van der Waals surface area contributed by atoms with E-state index in [2.05, 4.69) is 4.57 Å². The Balaban J connectivity index is 0.00000156. The molecule has 3 aromatic rings. The molecule has 1 aliphatic heterocycles. The first-order chi connectivity index (χ1) is 10.7. The van der Waals surface area contributed by atoms with Gasteiger partial charge in [-0.2, -0.15) is 0 Å². The van der Waals surface area contributed by atoms with E-state index in [9.17, 15) is 5.11 Å². The van der Waals surface area contributed by atoms with Crippen LogP contribution in [0.15, 0.2) is 60.2 Å². The van der Waals surface area contributed by atoms with E-state index in [0.717, 1.165) is 33.5 Å². The summed E-state index contributed by atoms with van der Waals surface area (Å²) in [6.07, 6.45) is 0. The molecule has 0 fully saturated rings. The second-order valence-corrected chi connectivity index (χ2v) is 5.72. The van der Waals surface area contributed by atoms with Gasteiger partial charge in [0.15, 0.2) is 0 Å². The van der Waals surface area contributed by atoms with E-state index in [1.54, 1.807) is 0 Å². The van der Waals surface area contributed by atoms with Gasteiger partial charge in [-0.3, -0.25) is 0 Å². The van der Waals surface area contributed by atoms with Gasteiger partial charge in [0.2, 0.25) is 0 Å². The van der Waals surface area contributed by atoms with Gasteiger partial charge in [-0.15, -0.1) is 0 Å². The predicted octanol–water partition coefficient (Wildman–Crippen LogP) is 0.329. The van der Waals surface area contributed by atoms with Crippen molar-refractivity contribution in [1.82, 2.24) is 4.57 Å². The van der Waals surface area contributed by atoms with Crippen LogP contribution in [0.2, 0.25) is 0 Å². The summed E-state index contributed by atoms with van der Waals surface area (Å²) in [5.74, 6) is 0.983. The van der Waals surface area contributed by atoms with E-state index < -0.39 is 0 Å². The van der Waals surface area contributed by atoms with E-state index in [1.165, 1.54) is 0 Å². The first kappa shape index (κ1) is 16.8. The van der Waals surface area contributed by atoms with Gasteiger partial charge in [0.05, 0.1) is 0 Å². The van der Waals surface area contributed by atoms with Crippen molar-refractivity contribution in [3.8, 4) is 5.75 Å². The van der Waals surface area contributed by atoms with Crippen LogP contribution in [0.5, 0.6) is 5.75 Å². The Morgan fingerprint density at radius 1 is 1.09 bits per heavy atom. The molecule has 4 heteroatoms. The van der Waals surface area contributed by atoms with E-state index in [4.69, 9.17) is 4.74 Å². The van der Waals surface area contributed by atoms with Gasteiger partial charge in [0.25, 0.3) is 0 Å². The zero-order chi connectivity index (χ0) is 15.1. The van der Waals surface area contributed by atoms with Crippen molar-refractivity contribution in [2.24, 2.45) is 0 Å². The van der Waals surface area contributed by atoms with Gasteiger partial charge in [-0.1, -0.05) is 41.7 Å².